The Hall–Kier alpha value is -0.910. The van der Waals surface area contributed by atoms with Crippen LogP contribution in [-0.2, 0) is 4.79 Å². The molecule has 0 spiro atoms. The second-order valence-electron chi connectivity index (χ2n) is 4.30. The SMILES string of the molecule is CC(CCNC(=O)NCC1CCCS1)C(=O)O. The highest BCUT2D eigenvalue weighted by Crippen LogP contribution is 2.25. The fourth-order valence-corrected chi connectivity index (χ4v) is 2.80. The Kier molecular flexibility index (Phi) is 6.18. The van der Waals surface area contributed by atoms with Crippen molar-refractivity contribution >= 4 is 23.8 Å². The summed E-state index contributed by atoms with van der Waals surface area (Å²) in [5.41, 5.74) is 0. The molecule has 1 fully saturated rings. The smallest absolute Gasteiger partial charge is 0.314 e. The maximum Gasteiger partial charge on any atom is 0.314 e. The van der Waals surface area contributed by atoms with E-state index in [2.05, 4.69) is 10.6 Å². The third kappa shape index (κ3) is 5.81. The topological polar surface area (TPSA) is 78.4 Å². The molecular formula is C11H20N2O3S. The molecule has 0 radical (unpaired) electrons. The lowest BCUT2D eigenvalue weighted by atomic mass is 10.1. The van der Waals surface area contributed by atoms with Crippen molar-refractivity contribution in [1.29, 1.82) is 0 Å². The van der Waals surface area contributed by atoms with Crippen LogP contribution in [0.2, 0.25) is 0 Å². The normalized spacial score (nSPS) is 20.9. The van der Waals surface area contributed by atoms with Gasteiger partial charge in [-0.05, 0) is 25.0 Å². The Morgan fingerprint density at radius 3 is 2.82 bits per heavy atom. The summed E-state index contributed by atoms with van der Waals surface area (Å²) in [7, 11) is 0. The number of urea groups is 1. The van der Waals surface area contributed by atoms with Crippen molar-refractivity contribution in [3.8, 4) is 0 Å². The molecule has 0 saturated carbocycles. The van der Waals surface area contributed by atoms with E-state index in [1.807, 2.05) is 11.8 Å². The van der Waals surface area contributed by atoms with Gasteiger partial charge in [0.25, 0.3) is 0 Å². The lowest BCUT2D eigenvalue weighted by Crippen LogP contribution is -2.39. The van der Waals surface area contributed by atoms with Gasteiger partial charge in [0, 0.05) is 18.3 Å². The molecule has 98 valence electrons. The fourth-order valence-electron chi connectivity index (χ4n) is 1.60. The van der Waals surface area contributed by atoms with Crippen LogP contribution in [0.4, 0.5) is 4.79 Å². The van der Waals surface area contributed by atoms with Gasteiger partial charge in [-0.15, -0.1) is 0 Å². The Morgan fingerprint density at radius 1 is 1.47 bits per heavy atom. The van der Waals surface area contributed by atoms with Crippen molar-refractivity contribution < 1.29 is 14.7 Å². The summed E-state index contributed by atoms with van der Waals surface area (Å²) >= 11 is 1.90. The molecule has 1 heterocycles. The minimum absolute atomic E-state index is 0.199. The fraction of sp³-hybridized carbons (Fsp3) is 0.818. The monoisotopic (exact) mass is 260 g/mol. The minimum atomic E-state index is -0.824. The number of thioether (sulfide) groups is 1. The van der Waals surface area contributed by atoms with Gasteiger partial charge < -0.3 is 15.7 Å². The Bertz CT molecular complexity index is 267. The zero-order valence-corrected chi connectivity index (χ0v) is 10.9. The van der Waals surface area contributed by atoms with Crippen molar-refractivity contribution in [2.45, 2.75) is 31.4 Å². The van der Waals surface area contributed by atoms with Crippen LogP contribution in [0.3, 0.4) is 0 Å². The van der Waals surface area contributed by atoms with Gasteiger partial charge in [-0.3, -0.25) is 4.79 Å². The van der Waals surface area contributed by atoms with Gasteiger partial charge >= 0.3 is 12.0 Å². The summed E-state index contributed by atoms with van der Waals surface area (Å²) in [6.45, 7) is 2.74. The van der Waals surface area contributed by atoms with Gasteiger partial charge in [-0.2, -0.15) is 11.8 Å². The van der Waals surface area contributed by atoms with Gasteiger partial charge in [0.15, 0.2) is 0 Å². The van der Waals surface area contributed by atoms with E-state index in [1.165, 1.54) is 18.6 Å². The number of rotatable bonds is 6. The Labute approximate surface area is 106 Å². The summed E-state index contributed by atoms with van der Waals surface area (Å²) in [5, 5.41) is 14.7. The summed E-state index contributed by atoms with van der Waals surface area (Å²) in [6.07, 6.45) is 2.86. The molecule has 1 rings (SSSR count). The molecule has 1 aliphatic rings. The maximum absolute atomic E-state index is 11.4. The number of carbonyl (C=O) groups excluding carboxylic acids is 1. The van der Waals surface area contributed by atoms with Gasteiger partial charge in [-0.25, -0.2) is 4.79 Å². The molecule has 1 aliphatic heterocycles. The average molecular weight is 260 g/mol. The standard InChI is InChI=1S/C11H20N2O3S/c1-8(10(14)15)4-5-12-11(16)13-7-9-3-2-6-17-9/h8-9H,2-7H2,1H3,(H,14,15)(H2,12,13,16). The first-order valence-corrected chi connectivity index (χ1v) is 7.00. The van der Waals surface area contributed by atoms with Crippen LogP contribution < -0.4 is 10.6 Å². The second-order valence-corrected chi connectivity index (χ2v) is 5.71. The van der Waals surface area contributed by atoms with E-state index in [0.29, 0.717) is 24.8 Å². The van der Waals surface area contributed by atoms with Crippen molar-refractivity contribution in [3.05, 3.63) is 0 Å². The van der Waals surface area contributed by atoms with E-state index in [4.69, 9.17) is 5.11 Å². The third-order valence-electron chi connectivity index (χ3n) is 2.80. The Balaban J connectivity index is 2.02. The number of hydrogen-bond donors (Lipinski definition) is 3. The van der Waals surface area contributed by atoms with Crippen molar-refractivity contribution in [3.63, 3.8) is 0 Å². The number of carboxylic acid groups (broad SMARTS) is 1. The predicted molar refractivity (Wildman–Crippen MR) is 68.3 cm³/mol. The molecule has 5 nitrogen and oxygen atoms in total. The molecule has 0 aliphatic carbocycles. The molecule has 0 bridgehead atoms. The van der Waals surface area contributed by atoms with E-state index < -0.39 is 11.9 Å². The Morgan fingerprint density at radius 2 is 2.24 bits per heavy atom. The lowest BCUT2D eigenvalue weighted by molar-refractivity contribution is -0.141. The molecule has 0 aromatic heterocycles. The van der Waals surface area contributed by atoms with Crippen LogP contribution in [0, 0.1) is 5.92 Å². The van der Waals surface area contributed by atoms with Crippen molar-refractivity contribution in [2.24, 2.45) is 5.92 Å². The van der Waals surface area contributed by atoms with Crippen LogP contribution in [0.5, 0.6) is 0 Å². The van der Waals surface area contributed by atoms with Gasteiger partial charge in [0.2, 0.25) is 0 Å². The van der Waals surface area contributed by atoms with Crippen LogP contribution >= 0.6 is 11.8 Å². The van der Waals surface area contributed by atoms with Crippen molar-refractivity contribution in [2.75, 3.05) is 18.8 Å². The number of aliphatic carboxylic acids is 1. The summed E-state index contributed by atoms with van der Waals surface area (Å²) in [5.74, 6) is -0.0559. The van der Waals surface area contributed by atoms with E-state index in [1.54, 1.807) is 6.92 Å². The van der Waals surface area contributed by atoms with Gasteiger partial charge in [0.1, 0.15) is 0 Å². The second kappa shape index (κ2) is 7.42. The first-order valence-electron chi connectivity index (χ1n) is 5.95. The molecular weight excluding hydrogens is 240 g/mol. The van der Waals surface area contributed by atoms with Gasteiger partial charge in [-0.1, -0.05) is 6.92 Å². The average Bonchev–Trinajstić information content (AvgIpc) is 2.78. The molecule has 17 heavy (non-hydrogen) atoms. The van der Waals surface area contributed by atoms with E-state index >= 15 is 0 Å². The summed E-state index contributed by atoms with van der Waals surface area (Å²) < 4.78 is 0. The molecule has 0 aromatic rings. The molecule has 0 aromatic carbocycles. The number of amides is 2. The highest BCUT2D eigenvalue weighted by atomic mass is 32.2. The highest BCUT2D eigenvalue weighted by Gasteiger charge is 2.16. The summed E-state index contributed by atoms with van der Waals surface area (Å²) in [4.78, 5) is 21.9. The maximum atomic E-state index is 11.4. The zero-order chi connectivity index (χ0) is 12.7. The lowest BCUT2D eigenvalue weighted by Gasteiger charge is -2.12. The van der Waals surface area contributed by atoms with Crippen LogP contribution in [-0.4, -0.2) is 41.2 Å². The molecule has 3 N–H and O–H groups in total. The van der Waals surface area contributed by atoms with Crippen molar-refractivity contribution in [1.82, 2.24) is 10.6 Å². The third-order valence-corrected chi connectivity index (χ3v) is 4.20. The van der Waals surface area contributed by atoms with Crippen LogP contribution in [0.1, 0.15) is 26.2 Å². The number of carbonyl (C=O) groups is 2. The van der Waals surface area contributed by atoms with E-state index in [9.17, 15) is 9.59 Å². The van der Waals surface area contributed by atoms with Crippen LogP contribution in [0.25, 0.3) is 0 Å². The molecule has 2 unspecified atom stereocenters. The largest absolute Gasteiger partial charge is 0.481 e. The first kappa shape index (κ1) is 14.2. The number of carboxylic acids is 1. The number of hydrogen-bond acceptors (Lipinski definition) is 3. The first-order chi connectivity index (χ1) is 8.09. The van der Waals surface area contributed by atoms with Crippen LogP contribution in [0.15, 0.2) is 0 Å². The number of nitrogens with one attached hydrogen (secondary N) is 2. The zero-order valence-electron chi connectivity index (χ0n) is 10.1. The molecule has 2 amide bonds. The van der Waals surface area contributed by atoms with E-state index in [0.717, 1.165) is 0 Å². The predicted octanol–water partition coefficient (Wildman–Crippen LogP) is 1.29. The molecule has 2 atom stereocenters. The highest BCUT2D eigenvalue weighted by molar-refractivity contribution is 8.00. The molecule has 6 heteroatoms. The summed E-state index contributed by atoms with van der Waals surface area (Å²) in [6, 6.07) is -0.199. The quantitative estimate of drug-likeness (QED) is 0.672. The van der Waals surface area contributed by atoms with Gasteiger partial charge in [0.05, 0.1) is 5.92 Å². The van der Waals surface area contributed by atoms with E-state index in [-0.39, 0.29) is 6.03 Å². The minimum Gasteiger partial charge on any atom is -0.481 e. The molecule has 1 saturated heterocycles.